The number of hydrogen-bond donors (Lipinski definition) is 1. The third-order valence-corrected chi connectivity index (χ3v) is 4.09. The molecule has 1 amide bonds. The predicted molar refractivity (Wildman–Crippen MR) is 86.8 cm³/mol. The zero-order valence-corrected chi connectivity index (χ0v) is 13.4. The summed E-state index contributed by atoms with van der Waals surface area (Å²) in [5.74, 6) is -0.565. The van der Waals surface area contributed by atoms with E-state index in [0.717, 1.165) is 12.0 Å². The number of aryl methyl sites for hydroxylation is 1. The van der Waals surface area contributed by atoms with Gasteiger partial charge in [-0.15, -0.1) is 0 Å². The second-order valence-electron chi connectivity index (χ2n) is 5.66. The molecule has 1 aliphatic heterocycles. The van der Waals surface area contributed by atoms with Crippen molar-refractivity contribution in [2.24, 2.45) is 0 Å². The predicted octanol–water partition coefficient (Wildman–Crippen LogP) is 2.43. The summed E-state index contributed by atoms with van der Waals surface area (Å²) < 4.78 is 10.8. The van der Waals surface area contributed by atoms with E-state index in [4.69, 9.17) is 14.3 Å². The molecule has 1 atom stereocenters. The van der Waals surface area contributed by atoms with Gasteiger partial charge in [0.05, 0.1) is 13.2 Å². The van der Waals surface area contributed by atoms with E-state index in [-0.39, 0.29) is 24.8 Å². The fourth-order valence-electron chi connectivity index (χ4n) is 2.65. The van der Waals surface area contributed by atoms with Gasteiger partial charge in [-0.05, 0) is 24.1 Å². The fourth-order valence-corrected chi connectivity index (χ4v) is 2.65. The van der Waals surface area contributed by atoms with E-state index in [1.54, 1.807) is 12.1 Å². The maximum absolute atomic E-state index is 12.5. The van der Waals surface area contributed by atoms with Gasteiger partial charge in [-0.2, -0.15) is 0 Å². The first-order valence-corrected chi connectivity index (χ1v) is 7.91. The average Bonchev–Trinajstić information content (AvgIpc) is 3.11. The van der Waals surface area contributed by atoms with Crippen molar-refractivity contribution in [3.05, 3.63) is 47.7 Å². The normalized spacial score (nSPS) is 17.7. The van der Waals surface area contributed by atoms with E-state index < -0.39 is 12.1 Å². The van der Waals surface area contributed by atoms with Crippen LogP contribution in [0.4, 0.5) is 0 Å². The number of carbonyl (C=O) groups is 2. The number of carboxylic acids is 1. The summed E-state index contributed by atoms with van der Waals surface area (Å²) >= 11 is 0. The van der Waals surface area contributed by atoms with Gasteiger partial charge >= 0.3 is 5.97 Å². The smallest absolute Gasteiger partial charge is 0.334 e. The third-order valence-electron chi connectivity index (χ3n) is 4.09. The van der Waals surface area contributed by atoms with Crippen LogP contribution in [0.5, 0.6) is 0 Å². The lowest BCUT2D eigenvalue weighted by molar-refractivity contribution is -0.154. The van der Waals surface area contributed by atoms with Crippen molar-refractivity contribution in [3.63, 3.8) is 0 Å². The zero-order valence-electron chi connectivity index (χ0n) is 13.4. The number of benzene rings is 1. The summed E-state index contributed by atoms with van der Waals surface area (Å²) in [5, 5.41) is 9.02. The van der Waals surface area contributed by atoms with Crippen LogP contribution in [-0.2, 0) is 16.0 Å². The minimum absolute atomic E-state index is 0.0232. The van der Waals surface area contributed by atoms with Crippen molar-refractivity contribution in [2.75, 3.05) is 19.7 Å². The second kappa shape index (κ2) is 6.88. The number of ether oxygens (including phenoxy) is 1. The van der Waals surface area contributed by atoms with Crippen LogP contribution >= 0.6 is 0 Å². The monoisotopic (exact) mass is 329 g/mol. The fraction of sp³-hybridized carbons (Fsp3) is 0.333. The highest BCUT2D eigenvalue weighted by molar-refractivity contribution is 5.92. The Morgan fingerprint density at radius 1 is 1.21 bits per heavy atom. The SMILES string of the molecule is CCc1ccc(-c2ccc(C(=O)N3CCO[C@@H](C(=O)O)C3)o2)cc1. The molecule has 1 fully saturated rings. The minimum Gasteiger partial charge on any atom is -0.479 e. The molecular weight excluding hydrogens is 310 g/mol. The maximum Gasteiger partial charge on any atom is 0.334 e. The van der Waals surface area contributed by atoms with Crippen LogP contribution in [0.25, 0.3) is 11.3 Å². The molecule has 0 bridgehead atoms. The van der Waals surface area contributed by atoms with Crippen LogP contribution in [0.2, 0.25) is 0 Å². The van der Waals surface area contributed by atoms with Gasteiger partial charge in [0.25, 0.3) is 5.91 Å². The standard InChI is InChI=1S/C18H19NO5/c1-2-12-3-5-13(6-4-12)14-7-8-15(24-14)17(20)19-9-10-23-16(11-19)18(21)22/h3-8,16H,2,9-11H2,1H3,(H,21,22)/t16-/m1/s1. The number of carbonyl (C=O) groups excluding carboxylic acids is 1. The molecule has 1 aliphatic rings. The van der Waals surface area contributed by atoms with Crippen molar-refractivity contribution in [3.8, 4) is 11.3 Å². The molecule has 2 aromatic rings. The zero-order chi connectivity index (χ0) is 17.1. The number of amides is 1. The van der Waals surface area contributed by atoms with Crippen LogP contribution in [-0.4, -0.2) is 47.7 Å². The van der Waals surface area contributed by atoms with Gasteiger partial charge in [0.1, 0.15) is 5.76 Å². The van der Waals surface area contributed by atoms with Crippen molar-refractivity contribution < 1.29 is 23.8 Å². The molecular formula is C18H19NO5. The first kappa shape index (κ1) is 16.3. The molecule has 3 rings (SSSR count). The van der Waals surface area contributed by atoms with Crippen molar-refractivity contribution in [1.82, 2.24) is 4.90 Å². The Kier molecular flexibility index (Phi) is 4.66. The molecule has 126 valence electrons. The molecule has 24 heavy (non-hydrogen) atoms. The van der Waals surface area contributed by atoms with Gasteiger partial charge in [-0.25, -0.2) is 4.79 Å². The Hall–Kier alpha value is -2.60. The highest BCUT2D eigenvalue weighted by Crippen LogP contribution is 2.24. The van der Waals surface area contributed by atoms with Crippen molar-refractivity contribution in [2.45, 2.75) is 19.4 Å². The van der Waals surface area contributed by atoms with E-state index in [9.17, 15) is 9.59 Å². The van der Waals surface area contributed by atoms with Crippen LogP contribution < -0.4 is 0 Å². The number of furan rings is 1. The molecule has 0 aliphatic carbocycles. The van der Waals surface area contributed by atoms with E-state index in [0.29, 0.717) is 12.3 Å². The van der Waals surface area contributed by atoms with E-state index in [2.05, 4.69) is 6.92 Å². The molecule has 1 aromatic heterocycles. The molecule has 1 saturated heterocycles. The topological polar surface area (TPSA) is 80.0 Å². The summed E-state index contributed by atoms with van der Waals surface area (Å²) in [5.41, 5.74) is 2.13. The summed E-state index contributed by atoms with van der Waals surface area (Å²) in [6.45, 7) is 2.67. The molecule has 1 aromatic carbocycles. The Labute approximate surface area is 139 Å². The molecule has 6 nitrogen and oxygen atoms in total. The second-order valence-corrected chi connectivity index (χ2v) is 5.66. The van der Waals surface area contributed by atoms with Crippen molar-refractivity contribution in [1.29, 1.82) is 0 Å². The lowest BCUT2D eigenvalue weighted by Gasteiger charge is -2.30. The summed E-state index contributed by atoms with van der Waals surface area (Å²) in [4.78, 5) is 25.0. The molecule has 0 spiro atoms. The number of morpholine rings is 1. The largest absolute Gasteiger partial charge is 0.479 e. The number of nitrogens with zero attached hydrogens (tertiary/aromatic N) is 1. The summed E-state index contributed by atoms with van der Waals surface area (Å²) in [6, 6.07) is 11.3. The summed E-state index contributed by atoms with van der Waals surface area (Å²) in [6.07, 6.45) is -0.0250. The number of aliphatic carboxylic acids is 1. The Balaban J connectivity index is 1.74. The Bertz CT molecular complexity index is 734. The van der Waals surface area contributed by atoms with Crippen molar-refractivity contribution >= 4 is 11.9 Å². The van der Waals surface area contributed by atoms with E-state index in [1.165, 1.54) is 10.5 Å². The Morgan fingerprint density at radius 3 is 2.62 bits per heavy atom. The van der Waals surface area contributed by atoms with E-state index >= 15 is 0 Å². The van der Waals surface area contributed by atoms with Crippen LogP contribution in [0.1, 0.15) is 23.0 Å². The quantitative estimate of drug-likeness (QED) is 0.932. The van der Waals surface area contributed by atoms with Crippen LogP contribution in [0, 0.1) is 0 Å². The van der Waals surface area contributed by atoms with Gasteiger partial charge in [0, 0.05) is 12.1 Å². The van der Waals surface area contributed by atoms with Gasteiger partial charge in [0.2, 0.25) is 0 Å². The number of hydrogen-bond acceptors (Lipinski definition) is 4. The lowest BCUT2D eigenvalue weighted by Crippen LogP contribution is -2.48. The van der Waals surface area contributed by atoms with E-state index in [1.807, 2.05) is 24.3 Å². The van der Waals surface area contributed by atoms with Gasteiger partial charge in [-0.3, -0.25) is 4.79 Å². The number of carboxylic acid groups (broad SMARTS) is 1. The average molecular weight is 329 g/mol. The lowest BCUT2D eigenvalue weighted by atomic mass is 10.1. The molecule has 0 radical (unpaired) electrons. The van der Waals surface area contributed by atoms with Gasteiger partial charge < -0.3 is 19.2 Å². The first-order chi connectivity index (χ1) is 11.6. The summed E-state index contributed by atoms with van der Waals surface area (Å²) in [7, 11) is 0. The highest BCUT2D eigenvalue weighted by atomic mass is 16.5. The maximum atomic E-state index is 12.5. The molecule has 0 unspecified atom stereocenters. The molecule has 2 heterocycles. The number of rotatable bonds is 4. The van der Waals surface area contributed by atoms with Crippen LogP contribution in [0.3, 0.4) is 0 Å². The minimum atomic E-state index is -1.07. The third kappa shape index (κ3) is 3.33. The van der Waals surface area contributed by atoms with Gasteiger partial charge in [-0.1, -0.05) is 31.2 Å². The van der Waals surface area contributed by atoms with Gasteiger partial charge in [0.15, 0.2) is 11.9 Å². The van der Waals surface area contributed by atoms with Crippen LogP contribution in [0.15, 0.2) is 40.8 Å². The molecule has 6 heteroatoms. The molecule has 0 saturated carbocycles. The molecule has 1 N–H and O–H groups in total. The Morgan fingerprint density at radius 2 is 1.96 bits per heavy atom. The first-order valence-electron chi connectivity index (χ1n) is 7.91. The highest BCUT2D eigenvalue weighted by Gasteiger charge is 2.30.